The number of rotatable bonds is 4. The van der Waals surface area contributed by atoms with Crippen molar-refractivity contribution in [2.45, 2.75) is 26.4 Å². The van der Waals surface area contributed by atoms with Gasteiger partial charge in [-0.1, -0.05) is 49.2 Å². The van der Waals surface area contributed by atoms with Crippen LogP contribution in [0.3, 0.4) is 0 Å². The first-order valence-electron chi connectivity index (χ1n) is 5.96. The van der Waals surface area contributed by atoms with E-state index in [1.54, 1.807) is 6.07 Å². The Labute approximate surface area is 122 Å². The molecule has 1 aromatic heterocycles. The lowest BCUT2D eigenvalue weighted by Gasteiger charge is -2.09. The van der Waals surface area contributed by atoms with E-state index in [1.165, 1.54) is 0 Å². The third kappa shape index (κ3) is 4.08. The third-order valence-corrected chi connectivity index (χ3v) is 2.95. The van der Waals surface area contributed by atoms with Crippen molar-refractivity contribution in [1.29, 1.82) is 0 Å². The van der Waals surface area contributed by atoms with Crippen LogP contribution in [0.4, 0.5) is 0 Å². The van der Waals surface area contributed by atoms with Crippen molar-refractivity contribution in [2.75, 3.05) is 0 Å². The van der Waals surface area contributed by atoms with E-state index in [4.69, 9.17) is 27.9 Å². The molecule has 19 heavy (non-hydrogen) atoms. The van der Waals surface area contributed by atoms with Gasteiger partial charge in [-0.25, -0.2) is 4.98 Å². The highest BCUT2D eigenvalue weighted by Crippen LogP contribution is 2.19. The van der Waals surface area contributed by atoms with Gasteiger partial charge in [0.25, 0.3) is 0 Å². The molecule has 0 saturated heterocycles. The molecule has 100 valence electrons. The zero-order valence-corrected chi connectivity index (χ0v) is 12.2. The maximum atomic E-state index is 5.95. The number of hydrogen-bond donors (Lipinski definition) is 0. The van der Waals surface area contributed by atoms with E-state index in [9.17, 15) is 0 Å². The molecule has 0 bridgehead atoms. The molecule has 3 nitrogen and oxygen atoms in total. The van der Waals surface area contributed by atoms with Crippen molar-refractivity contribution in [2.24, 2.45) is 0 Å². The fourth-order valence-corrected chi connectivity index (χ4v) is 1.79. The summed E-state index contributed by atoms with van der Waals surface area (Å²) in [4.78, 5) is 8.48. The molecule has 0 aliphatic heterocycles. The Morgan fingerprint density at radius 3 is 2.42 bits per heavy atom. The minimum absolute atomic E-state index is 0.205. The first-order valence-corrected chi connectivity index (χ1v) is 6.72. The average molecular weight is 297 g/mol. The summed E-state index contributed by atoms with van der Waals surface area (Å²) < 4.78 is 5.62. The van der Waals surface area contributed by atoms with Gasteiger partial charge in [0.1, 0.15) is 17.6 Å². The molecule has 5 heteroatoms. The van der Waals surface area contributed by atoms with E-state index in [-0.39, 0.29) is 5.92 Å². The van der Waals surface area contributed by atoms with E-state index in [0.717, 1.165) is 5.56 Å². The van der Waals surface area contributed by atoms with Crippen LogP contribution in [0, 0.1) is 0 Å². The lowest BCUT2D eigenvalue weighted by atomic mass is 10.2. The van der Waals surface area contributed by atoms with Crippen LogP contribution in [0.2, 0.25) is 10.2 Å². The van der Waals surface area contributed by atoms with E-state index in [0.29, 0.717) is 28.5 Å². The van der Waals surface area contributed by atoms with E-state index in [1.807, 2.05) is 38.1 Å². The molecule has 0 atom stereocenters. The molecule has 0 spiro atoms. The number of hydrogen-bond acceptors (Lipinski definition) is 3. The highest BCUT2D eigenvalue weighted by atomic mass is 35.5. The molecule has 0 aliphatic carbocycles. The van der Waals surface area contributed by atoms with Crippen LogP contribution in [-0.4, -0.2) is 9.97 Å². The summed E-state index contributed by atoms with van der Waals surface area (Å²) in [7, 11) is 0. The lowest BCUT2D eigenvalue weighted by Crippen LogP contribution is -2.02. The molecular formula is C14H14Cl2N2O. The molecular weight excluding hydrogens is 283 g/mol. The predicted molar refractivity (Wildman–Crippen MR) is 76.9 cm³/mol. The smallest absolute Gasteiger partial charge is 0.218 e. The molecule has 0 unspecified atom stereocenters. The summed E-state index contributed by atoms with van der Waals surface area (Å²) in [6.07, 6.45) is 0. The van der Waals surface area contributed by atoms with Gasteiger partial charge in [0.2, 0.25) is 5.88 Å². The molecule has 1 heterocycles. The molecule has 0 saturated carbocycles. The Bertz CT molecular complexity index is 556. The summed E-state index contributed by atoms with van der Waals surface area (Å²) in [5.74, 6) is 1.37. The highest BCUT2D eigenvalue weighted by Gasteiger charge is 2.08. The second-order valence-electron chi connectivity index (χ2n) is 4.46. The summed E-state index contributed by atoms with van der Waals surface area (Å²) in [6, 6.07) is 9.09. The second kappa shape index (κ2) is 6.22. The van der Waals surface area contributed by atoms with Crippen LogP contribution in [0.25, 0.3) is 0 Å². The van der Waals surface area contributed by atoms with Crippen LogP contribution in [0.5, 0.6) is 5.88 Å². The predicted octanol–water partition coefficient (Wildman–Crippen LogP) is 4.49. The highest BCUT2D eigenvalue weighted by molar-refractivity contribution is 6.30. The summed E-state index contributed by atoms with van der Waals surface area (Å²) in [5.41, 5.74) is 1.02. The molecule has 0 N–H and O–H groups in total. The van der Waals surface area contributed by atoms with Gasteiger partial charge < -0.3 is 4.74 Å². The van der Waals surface area contributed by atoms with E-state index in [2.05, 4.69) is 9.97 Å². The van der Waals surface area contributed by atoms with Crippen LogP contribution in [0.15, 0.2) is 30.3 Å². The van der Waals surface area contributed by atoms with Gasteiger partial charge in [-0.15, -0.1) is 0 Å². The summed E-state index contributed by atoms with van der Waals surface area (Å²) >= 11 is 11.8. The van der Waals surface area contributed by atoms with Crippen molar-refractivity contribution in [3.05, 3.63) is 51.9 Å². The maximum Gasteiger partial charge on any atom is 0.218 e. The number of halogens is 2. The van der Waals surface area contributed by atoms with Crippen molar-refractivity contribution in [1.82, 2.24) is 9.97 Å². The van der Waals surface area contributed by atoms with Gasteiger partial charge in [-0.05, 0) is 17.7 Å². The largest absolute Gasteiger partial charge is 0.473 e. The van der Waals surface area contributed by atoms with Gasteiger partial charge in [0, 0.05) is 17.0 Å². The standard InChI is InChI=1S/C14H14Cl2N2O/c1-9(2)14-17-12(16)7-13(18-14)19-8-10-3-5-11(15)6-4-10/h3-7,9H,8H2,1-2H3. The normalized spacial score (nSPS) is 10.8. The van der Waals surface area contributed by atoms with E-state index >= 15 is 0 Å². The fraction of sp³-hybridized carbons (Fsp3) is 0.286. The zero-order chi connectivity index (χ0) is 13.8. The lowest BCUT2D eigenvalue weighted by molar-refractivity contribution is 0.291. The van der Waals surface area contributed by atoms with Crippen LogP contribution in [-0.2, 0) is 6.61 Å². The van der Waals surface area contributed by atoms with E-state index < -0.39 is 0 Å². The minimum Gasteiger partial charge on any atom is -0.473 e. The van der Waals surface area contributed by atoms with Gasteiger partial charge in [-0.2, -0.15) is 4.98 Å². The van der Waals surface area contributed by atoms with Crippen molar-refractivity contribution in [3.8, 4) is 5.88 Å². The van der Waals surface area contributed by atoms with Gasteiger partial charge in [0.05, 0.1) is 0 Å². The molecule has 0 amide bonds. The monoisotopic (exact) mass is 296 g/mol. The Hall–Kier alpha value is -1.32. The summed E-state index contributed by atoms with van der Waals surface area (Å²) in [5, 5.41) is 1.10. The van der Waals surface area contributed by atoms with Crippen LogP contribution in [0.1, 0.15) is 31.2 Å². The topological polar surface area (TPSA) is 35.0 Å². The maximum absolute atomic E-state index is 5.95. The van der Waals surface area contributed by atoms with Gasteiger partial charge in [0.15, 0.2) is 0 Å². The quantitative estimate of drug-likeness (QED) is 0.780. The molecule has 0 radical (unpaired) electrons. The number of benzene rings is 1. The van der Waals surface area contributed by atoms with Gasteiger partial charge >= 0.3 is 0 Å². The Balaban J connectivity index is 2.08. The average Bonchev–Trinajstić information content (AvgIpc) is 2.37. The third-order valence-electron chi connectivity index (χ3n) is 2.51. The first-order chi connectivity index (χ1) is 9.04. The number of ether oxygens (including phenoxy) is 1. The Morgan fingerprint density at radius 2 is 1.79 bits per heavy atom. The van der Waals surface area contributed by atoms with Crippen molar-refractivity contribution >= 4 is 23.2 Å². The summed E-state index contributed by atoms with van der Waals surface area (Å²) in [6.45, 7) is 4.44. The molecule has 0 fully saturated rings. The number of aromatic nitrogens is 2. The SMILES string of the molecule is CC(C)c1nc(Cl)cc(OCc2ccc(Cl)cc2)n1. The second-order valence-corrected chi connectivity index (χ2v) is 5.28. The molecule has 0 aliphatic rings. The first kappa shape index (κ1) is 14.1. The fourth-order valence-electron chi connectivity index (χ4n) is 1.48. The van der Waals surface area contributed by atoms with Crippen molar-refractivity contribution in [3.63, 3.8) is 0 Å². The minimum atomic E-state index is 0.205. The molecule has 2 rings (SSSR count). The molecule has 2 aromatic rings. The zero-order valence-electron chi connectivity index (χ0n) is 10.7. The number of nitrogens with zero attached hydrogens (tertiary/aromatic N) is 2. The Morgan fingerprint density at radius 1 is 1.11 bits per heavy atom. The van der Waals surface area contributed by atoms with Crippen molar-refractivity contribution < 1.29 is 4.74 Å². The molecule has 1 aromatic carbocycles. The van der Waals surface area contributed by atoms with Crippen LogP contribution >= 0.6 is 23.2 Å². The van der Waals surface area contributed by atoms with Crippen LogP contribution < -0.4 is 4.74 Å². The Kier molecular flexibility index (Phi) is 4.61. The van der Waals surface area contributed by atoms with Gasteiger partial charge in [-0.3, -0.25) is 0 Å².